The highest BCUT2D eigenvalue weighted by Crippen LogP contribution is 2.24. The van der Waals surface area contributed by atoms with Crippen LogP contribution < -0.4 is 10.5 Å². The predicted molar refractivity (Wildman–Crippen MR) is 73.6 cm³/mol. The van der Waals surface area contributed by atoms with E-state index >= 15 is 0 Å². The highest BCUT2D eigenvalue weighted by molar-refractivity contribution is 7.80. The molecule has 0 atom stereocenters. The van der Waals surface area contributed by atoms with E-state index in [0.29, 0.717) is 4.99 Å². The number of rotatable bonds is 3. The Labute approximate surface area is 106 Å². The molecule has 17 heavy (non-hydrogen) atoms. The van der Waals surface area contributed by atoms with E-state index in [1.807, 2.05) is 55.5 Å². The van der Waals surface area contributed by atoms with Crippen LogP contribution in [-0.2, 0) is 0 Å². The summed E-state index contributed by atoms with van der Waals surface area (Å²) in [6, 6.07) is 15.3. The predicted octanol–water partition coefficient (Wildman–Crippen LogP) is 3.42. The van der Waals surface area contributed by atoms with Crippen LogP contribution in [0.4, 0.5) is 0 Å². The van der Waals surface area contributed by atoms with Gasteiger partial charge < -0.3 is 10.5 Å². The minimum atomic E-state index is 0.396. The Bertz CT molecular complexity index is 534. The molecule has 0 saturated heterocycles. The Kier molecular flexibility index (Phi) is 3.40. The zero-order chi connectivity index (χ0) is 12.3. The molecule has 0 bridgehead atoms. The summed E-state index contributed by atoms with van der Waals surface area (Å²) < 4.78 is 5.76. The van der Waals surface area contributed by atoms with Gasteiger partial charge in [0.25, 0.3) is 0 Å². The van der Waals surface area contributed by atoms with E-state index in [1.165, 1.54) is 0 Å². The van der Waals surface area contributed by atoms with Crippen LogP contribution in [0.2, 0.25) is 0 Å². The van der Waals surface area contributed by atoms with Crippen molar-refractivity contribution in [2.45, 2.75) is 6.92 Å². The first-order chi connectivity index (χ1) is 8.16. The first kappa shape index (κ1) is 11.6. The fourth-order valence-electron chi connectivity index (χ4n) is 1.49. The number of hydrogen-bond acceptors (Lipinski definition) is 2. The third kappa shape index (κ3) is 2.82. The summed E-state index contributed by atoms with van der Waals surface area (Å²) in [5, 5.41) is 0. The van der Waals surface area contributed by atoms with Crippen molar-refractivity contribution >= 4 is 17.2 Å². The van der Waals surface area contributed by atoms with E-state index in [0.717, 1.165) is 22.6 Å². The van der Waals surface area contributed by atoms with E-state index in [2.05, 4.69) is 0 Å². The Balaban J connectivity index is 2.20. The molecule has 2 nitrogen and oxygen atoms in total. The molecule has 2 aromatic carbocycles. The fourth-order valence-corrected chi connectivity index (χ4v) is 1.62. The highest BCUT2D eigenvalue weighted by atomic mass is 32.1. The highest BCUT2D eigenvalue weighted by Gasteiger charge is 2.01. The standard InChI is InChI=1S/C14H13NOS/c1-10-4-2-3-5-13(10)16-12-8-6-11(7-9-12)14(15)17/h2-9H,1H3,(H2,15,17). The van der Waals surface area contributed by atoms with Crippen LogP contribution in [0.1, 0.15) is 11.1 Å². The first-order valence-electron chi connectivity index (χ1n) is 5.30. The maximum Gasteiger partial charge on any atom is 0.130 e. The number of hydrogen-bond donors (Lipinski definition) is 1. The quantitative estimate of drug-likeness (QED) is 0.839. The smallest absolute Gasteiger partial charge is 0.130 e. The van der Waals surface area contributed by atoms with Crippen molar-refractivity contribution in [3.8, 4) is 11.5 Å². The minimum Gasteiger partial charge on any atom is -0.457 e. The molecule has 0 amide bonds. The van der Waals surface area contributed by atoms with Crippen LogP contribution in [0.15, 0.2) is 48.5 Å². The zero-order valence-corrected chi connectivity index (χ0v) is 10.3. The lowest BCUT2D eigenvalue weighted by atomic mass is 10.2. The third-order valence-corrected chi connectivity index (χ3v) is 2.70. The maximum atomic E-state index is 5.76. The summed E-state index contributed by atoms with van der Waals surface area (Å²) in [6.45, 7) is 2.01. The second-order valence-electron chi connectivity index (χ2n) is 3.76. The molecule has 3 heteroatoms. The zero-order valence-electron chi connectivity index (χ0n) is 9.51. The van der Waals surface area contributed by atoms with Crippen molar-refractivity contribution in [2.24, 2.45) is 5.73 Å². The van der Waals surface area contributed by atoms with E-state index in [1.54, 1.807) is 0 Å². The van der Waals surface area contributed by atoms with Crippen molar-refractivity contribution in [3.05, 3.63) is 59.7 Å². The Hall–Kier alpha value is -1.87. The van der Waals surface area contributed by atoms with Crippen molar-refractivity contribution in [1.82, 2.24) is 0 Å². The number of benzene rings is 2. The van der Waals surface area contributed by atoms with E-state index in [4.69, 9.17) is 22.7 Å². The molecule has 0 saturated carbocycles. The van der Waals surface area contributed by atoms with Gasteiger partial charge in [0, 0.05) is 5.56 Å². The van der Waals surface area contributed by atoms with Crippen LogP contribution in [0.5, 0.6) is 11.5 Å². The van der Waals surface area contributed by atoms with Crippen LogP contribution in [0, 0.1) is 6.92 Å². The molecule has 0 spiro atoms. The number of para-hydroxylation sites is 1. The molecule has 0 radical (unpaired) electrons. The largest absolute Gasteiger partial charge is 0.457 e. The molecule has 0 aromatic heterocycles. The lowest BCUT2D eigenvalue weighted by Gasteiger charge is -2.08. The number of ether oxygens (including phenoxy) is 1. The summed E-state index contributed by atoms with van der Waals surface area (Å²) in [5.41, 5.74) is 7.48. The lowest BCUT2D eigenvalue weighted by Crippen LogP contribution is -2.08. The van der Waals surface area contributed by atoms with Crippen LogP contribution in [-0.4, -0.2) is 4.99 Å². The van der Waals surface area contributed by atoms with Gasteiger partial charge in [0.1, 0.15) is 16.5 Å². The van der Waals surface area contributed by atoms with Gasteiger partial charge in [0.05, 0.1) is 0 Å². The van der Waals surface area contributed by atoms with Crippen molar-refractivity contribution in [1.29, 1.82) is 0 Å². The van der Waals surface area contributed by atoms with E-state index in [-0.39, 0.29) is 0 Å². The van der Waals surface area contributed by atoms with Gasteiger partial charge in [-0.3, -0.25) is 0 Å². The molecule has 0 aliphatic rings. The van der Waals surface area contributed by atoms with Gasteiger partial charge in [-0.25, -0.2) is 0 Å². The SMILES string of the molecule is Cc1ccccc1Oc1ccc(C(N)=S)cc1. The number of aryl methyl sites for hydroxylation is 1. The van der Waals surface area contributed by atoms with E-state index in [9.17, 15) is 0 Å². The monoisotopic (exact) mass is 243 g/mol. The van der Waals surface area contributed by atoms with Gasteiger partial charge in [-0.15, -0.1) is 0 Å². The summed E-state index contributed by atoms with van der Waals surface area (Å²) in [4.78, 5) is 0.396. The molecule has 0 unspecified atom stereocenters. The molecular formula is C14H13NOS. The summed E-state index contributed by atoms with van der Waals surface area (Å²) >= 11 is 4.89. The van der Waals surface area contributed by atoms with Crippen LogP contribution in [0.3, 0.4) is 0 Å². The Morgan fingerprint density at radius 1 is 1.06 bits per heavy atom. The number of thiocarbonyl (C=S) groups is 1. The van der Waals surface area contributed by atoms with Gasteiger partial charge in [0.2, 0.25) is 0 Å². The topological polar surface area (TPSA) is 35.2 Å². The normalized spacial score (nSPS) is 9.94. The summed E-state index contributed by atoms with van der Waals surface area (Å²) in [7, 11) is 0. The van der Waals surface area contributed by atoms with Gasteiger partial charge >= 0.3 is 0 Å². The maximum absolute atomic E-state index is 5.76. The van der Waals surface area contributed by atoms with Gasteiger partial charge in [0.15, 0.2) is 0 Å². The Morgan fingerprint density at radius 2 is 1.71 bits per heavy atom. The molecule has 0 aliphatic carbocycles. The third-order valence-electron chi connectivity index (χ3n) is 2.46. The molecule has 0 aliphatic heterocycles. The minimum absolute atomic E-state index is 0.396. The van der Waals surface area contributed by atoms with Crippen molar-refractivity contribution in [2.75, 3.05) is 0 Å². The average Bonchev–Trinajstić information content (AvgIpc) is 2.33. The lowest BCUT2D eigenvalue weighted by molar-refractivity contribution is 0.479. The molecule has 2 rings (SSSR count). The average molecular weight is 243 g/mol. The summed E-state index contributed by atoms with van der Waals surface area (Å²) in [6.07, 6.45) is 0. The van der Waals surface area contributed by atoms with E-state index < -0.39 is 0 Å². The molecule has 2 N–H and O–H groups in total. The van der Waals surface area contributed by atoms with Crippen molar-refractivity contribution in [3.63, 3.8) is 0 Å². The molecule has 0 heterocycles. The number of nitrogens with two attached hydrogens (primary N) is 1. The molecule has 0 fully saturated rings. The van der Waals surface area contributed by atoms with Crippen LogP contribution >= 0.6 is 12.2 Å². The van der Waals surface area contributed by atoms with Crippen molar-refractivity contribution < 1.29 is 4.74 Å². The summed E-state index contributed by atoms with van der Waals surface area (Å²) in [5.74, 6) is 1.63. The molecule has 2 aromatic rings. The Morgan fingerprint density at radius 3 is 2.29 bits per heavy atom. The van der Waals surface area contributed by atoms with Gasteiger partial charge in [-0.05, 0) is 42.8 Å². The first-order valence-corrected chi connectivity index (χ1v) is 5.71. The van der Waals surface area contributed by atoms with Crippen LogP contribution in [0.25, 0.3) is 0 Å². The fraction of sp³-hybridized carbons (Fsp3) is 0.0714. The second kappa shape index (κ2) is 4.97. The second-order valence-corrected chi connectivity index (χ2v) is 4.20. The molecule has 86 valence electrons. The van der Waals surface area contributed by atoms with Gasteiger partial charge in [-0.2, -0.15) is 0 Å². The van der Waals surface area contributed by atoms with Gasteiger partial charge in [-0.1, -0.05) is 30.4 Å². The molecular weight excluding hydrogens is 230 g/mol.